The number of anilines is 1. The van der Waals surface area contributed by atoms with Crippen molar-refractivity contribution in [3.8, 4) is 0 Å². The molecule has 0 saturated carbocycles. The normalized spacial score (nSPS) is 16.8. The molecule has 0 bridgehead atoms. The van der Waals surface area contributed by atoms with Gasteiger partial charge < -0.3 is 14.8 Å². The monoisotopic (exact) mass is 275 g/mol. The van der Waals surface area contributed by atoms with Gasteiger partial charge in [0.15, 0.2) is 5.52 Å². The highest BCUT2D eigenvalue weighted by Crippen LogP contribution is 2.26. The maximum absolute atomic E-state index is 11.0. The van der Waals surface area contributed by atoms with Gasteiger partial charge in [0, 0.05) is 26.2 Å². The lowest BCUT2D eigenvalue weighted by atomic mass is 10.3. The third kappa shape index (κ3) is 2.20. The van der Waals surface area contributed by atoms with Crippen LogP contribution in [0.3, 0.4) is 0 Å². The Hall–Kier alpha value is -2.15. The second-order valence-electron chi connectivity index (χ2n) is 4.92. The second-order valence-corrected chi connectivity index (χ2v) is 4.92. The smallest absolute Gasteiger partial charge is 0.312 e. The van der Waals surface area contributed by atoms with Crippen LogP contribution in [-0.4, -0.2) is 52.5 Å². The van der Waals surface area contributed by atoms with E-state index in [2.05, 4.69) is 26.7 Å². The van der Waals surface area contributed by atoms with Crippen molar-refractivity contribution >= 4 is 22.5 Å². The fourth-order valence-corrected chi connectivity index (χ4v) is 2.58. The Labute approximate surface area is 116 Å². The van der Waals surface area contributed by atoms with E-state index in [1.165, 1.54) is 6.20 Å². The molecule has 7 heteroatoms. The highest BCUT2D eigenvalue weighted by Gasteiger charge is 2.20. The number of piperazine rings is 1. The molecule has 3 heterocycles. The lowest BCUT2D eigenvalue weighted by Crippen LogP contribution is -2.46. The molecule has 1 N–H and O–H groups in total. The molecule has 0 amide bonds. The standard InChI is InChI=1S/C13H17N5O2/c1-2-16-5-7-17(8-6-16)12-4-3-10-13(15-12)11(9-14-10)18(19)20/h3-4,9,14H,2,5-8H2,1H3. The number of likely N-dealkylation sites (N-methyl/N-ethyl adjacent to an activating group) is 1. The molecule has 0 spiro atoms. The summed E-state index contributed by atoms with van der Waals surface area (Å²) in [5, 5.41) is 11.0. The van der Waals surface area contributed by atoms with Crippen molar-refractivity contribution in [2.75, 3.05) is 37.6 Å². The van der Waals surface area contributed by atoms with Gasteiger partial charge in [-0.3, -0.25) is 10.1 Å². The number of nitrogens with zero attached hydrogens (tertiary/aromatic N) is 4. The molecule has 0 radical (unpaired) electrons. The largest absolute Gasteiger partial charge is 0.354 e. The first-order valence-corrected chi connectivity index (χ1v) is 6.79. The van der Waals surface area contributed by atoms with Gasteiger partial charge in [-0.25, -0.2) is 4.98 Å². The predicted octanol–water partition coefficient (Wildman–Crippen LogP) is 1.61. The third-order valence-corrected chi connectivity index (χ3v) is 3.83. The van der Waals surface area contributed by atoms with Crippen molar-refractivity contribution in [1.29, 1.82) is 0 Å². The van der Waals surface area contributed by atoms with Crippen LogP contribution in [0.4, 0.5) is 11.5 Å². The zero-order valence-electron chi connectivity index (χ0n) is 11.4. The van der Waals surface area contributed by atoms with Gasteiger partial charge in [-0.1, -0.05) is 6.92 Å². The minimum atomic E-state index is -0.398. The highest BCUT2D eigenvalue weighted by molar-refractivity contribution is 5.86. The number of hydrogen-bond donors (Lipinski definition) is 1. The van der Waals surface area contributed by atoms with Crippen LogP contribution in [0, 0.1) is 10.1 Å². The van der Waals surface area contributed by atoms with Crippen molar-refractivity contribution in [1.82, 2.24) is 14.9 Å². The number of nitrogens with one attached hydrogen (secondary N) is 1. The lowest BCUT2D eigenvalue weighted by Gasteiger charge is -2.34. The fraction of sp³-hybridized carbons (Fsp3) is 0.462. The summed E-state index contributed by atoms with van der Waals surface area (Å²) in [4.78, 5) is 22.5. The minimum Gasteiger partial charge on any atom is -0.354 e. The Bertz CT molecular complexity index is 631. The first kappa shape index (κ1) is 12.9. The van der Waals surface area contributed by atoms with E-state index in [9.17, 15) is 10.1 Å². The molecule has 2 aromatic heterocycles. The van der Waals surface area contributed by atoms with Crippen molar-refractivity contribution in [3.63, 3.8) is 0 Å². The van der Waals surface area contributed by atoms with Crippen LogP contribution in [0.25, 0.3) is 11.0 Å². The van der Waals surface area contributed by atoms with Gasteiger partial charge in [-0.2, -0.15) is 0 Å². The van der Waals surface area contributed by atoms with Crippen LogP contribution in [-0.2, 0) is 0 Å². The molecule has 2 aromatic rings. The average molecular weight is 275 g/mol. The maximum atomic E-state index is 11.0. The molecule has 1 saturated heterocycles. The minimum absolute atomic E-state index is 0.0362. The van der Waals surface area contributed by atoms with Crippen molar-refractivity contribution in [2.45, 2.75) is 6.92 Å². The SMILES string of the molecule is CCN1CCN(c2ccc3[nH]cc([N+](=O)[O-])c3n2)CC1. The van der Waals surface area contributed by atoms with E-state index in [-0.39, 0.29) is 5.69 Å². The lowest BCUT2D eigenvalue weighted by molar-refractivity contribution is -0.383. The summed E-state index contributed by atoms with van der Waals surface area (Å²) in [7, 11) is 0. The molecule has 7 nitrogen and oxygen atoms in total. The predicted molar refractivity (Wildman–Crippen MR) is 77.1 cm³/mol. The zero-order valence-corrected chi connectivity index (χ0v) is 11.4. The average Bonchev–Trinajstić information content (AvgIpc) is 2.90. The molecular formula is C13H17N5O2. The summed E-state index contributed by atoms with van der Waals surface area (Å²) in [6, 6.07) is 3.78. The first-order chi connectivity index (χ1) is 9.69. The number of rotatable bonds is 3. The Morgan fingerprint density at radius 2 is 2.10 bits per heavy atom. The summed E-state index contributed by atoms with van der Waals surface area (Å²) < 4.78 is 0. The third-order valence-electron chi connectivity index (χ3n) is 3.83. The van der Waals surface area contributed by atoms with Crippen LogP contribution >= 0.6 is 0 Å². The molecule has 0 unspecified atom stereocenters. The fourth-order valence-electron chi connectivity index (χ4n) is 2.58. The topological polar surface area (TPSA) is 78.3 Å². The number of nitro groups is 1. The van der Waals surface area contributed by atoms with E-state index in [1.54, 1.807) is 0 Å². The van der Waals surface area contributed by atoms with E-state index in [4.69, 9.17) is 0 Å². The van der Waals surface area contributed by atoms with Gasteiger partial charge in [-0.05, 0) is 18.7 Å². The number of pyridine rings is 1. The Morgan fingerprint density at radius 1 is 1.35 bits per heavy atom. The van der Waals surface area contributed by atoms with E-state index < -0.39 is 4.92 Å². The molecule has 1 fully saturated rings. The number of aromatic nitrogens is 2. The van der Waals surface area contributed by atoms with Crippen LogP contribution in [0.15, 0.2) is 18.3 Å². The maximum Gasteiger partial charge on any atom is 0.312 e. The van der Waals surface area contributed by atoms with Crippen LogP contribution in [0.1, 0.15) is 6.92 Å². The highest BCUT2D eigenvalue weighted by atomic mass is 16.6. The molecular weight excluding hydrogens is 258 g/mol. The van der Waals surface area contributed by atoms with Gasteiger partial charge in [-0.15, -0.1) is 0 Å². The van der Waals surface area contributed by atoms with E-state index in [0.29, 0.717) is 11.0 Å². The summed E-state index contributed by atoms with van der Waals surface area (Å²) >= 11 is 0. The van der Waals surface area contributed by atoms with Gasteiger partial charge in [0.1, 0.15) is 5.82 Å². The van der Waals surface area contributed by atoms with Crippen molar-refractivity contribution in [3.05, 3.63) is 28.4 Å². The van der Waals surface area contributed by atoms with E-state index in [0.717, 1.165) is 38.5 Å². The quantitative estimate of drug-likeness (QED) is 0.680. The number of aromatic amines is 1. The second kappa shape index (κ2) is 5.09. The molecule has 0 atom stereocenters. The Morgan fingerprint density at radius 3 is 2.75 bits per heavy atom. The van der Waals surface area contributed by atoms with Gasteiger partial charge in [0.05, 0.1) is 16.6 Å². The molecule has 3 rings (SSSR count). The van der Waals surface area contributed by atoms with Gasteiger partial charge in [0.2, 0.25) is 0 Å². The van der Waals surface area contributed by atoms with Crippen LogP contribution < -0.4 is 4.90 Å². The van der Waals surface area contributed by atoms with Gasteiger partial charge >= 0.3 is 5.69 Å². The molecule has 20 heavy (non-hydrogen) atoms. The molecule has 1 aliphatic rings. The number of fused-ring (bicyclic) bond motifs is 1. The summed E-state index contributed by atoms with van der Waals surface area (Å²) in [5.74, 6) is 0.816. The Kier molecular flexibility index (Phi) is 3.27. The number of hydrogen-bond acceptors (Lipinski definition) is 5. The van der Waals surface area contributed by atoms with Crippen molar-refractivity contribution in [2.24, 2.45) is 0 Å². The van der Waals surface area contributed by atoms with E-state index >= 15 is 0 Å². The summed E-state index contributed by atoms with van der Waals surface area (Å²) in [5.41, 5.74) is 1.17. The molecule has 1 aliphatic heterocycles. The Balaban J connectivity index is 1.89. The molecule has 0 aliphatic carbocycles. The van der Waals surface area contributed by atoms with Gasteiger partial charge in [0.25, 0.3) is 0 Å². The first-order valence-electron chi connectivity index (χ1n) is 6.79. The van der Waals surface area contributed by atoms with Crippen LogP contribution in [0.2, 0.25) is 0 Å². The number of H-pyrrole nitrogens is 1. The summed E-state index contributed by atoms with van der Waals surface area (Å²) in [6.45, 7) is 7.04. The van der Waals surface area contributed by atoms with Crippen molar-refractivity contribution < 1.29 is 4.92 Å². The van der Waals surface area contributed by atoms with E-state index in [1.807, 2.05) is 12.1 Å². The van der Waals surface area contributed by atoms with Crippen LogP contribution in [0.5, 0.6) is 0 Å². The molecule has 106 valence electrons. The summed E-state index contributed by atoms with van der Waals surface area (Å²) in [6.07, 6.45) is 1.40. The molecule has 0 aromatic carbocycles. The zero-order chi connectivity index (χ0) is 14.1.